The van der Waals surface area contributed by atoms with Crippen LogP contribution >= 0.6 is 11.3 Å². The number of rotatable bonds is 7. The molecule has 0 saturated carbocycles. The molecule has 2 aromatic heterocycles. The molecule has 2 heterocycles. The lowest BCUT2D eigenvalue weighted by Gasteiger charge is -2.14. The fourth-order valence-corrected chi connectivity index (χ4v) is 3.45. The molecule has 0 aliphatic heterocycles. The minimum absolute atomic E-state index is 0.277. The lowest BCUT2D eigenvalue weighted by atomic mass is 10.4. The van der Waals surface area contributed by atoms with Gasteiger partial charge in [-0.05, 0) is 12.6 Å². The van der Waals surface area contributed by atoms with Crippen molar-refractivity contribution in [2.75, 3.05) is 13.6 Å². The molecule has 8 heteroatoms. The summed E-state index contributed by atoms with van der Waals surface area (Å²) < 4.78 is 26.1. The zero-order chi connectivity index (χ0) is 14.6. The summed E-state index contributed by atoms with van der Waals surface area (Å²) >= 11 is 1.45. The van der Waals surface area contributed by atoms with E-state index in [0.717, 1.165) is 17.9 Å². The quantitative estimate of drug-likeness (QED) is 0.810. The van der Waals surface area contributed by atoms with Crippen molar-refractivity contribution in [3.63, 3.8) is 0 Å². The standard InChI is InChI=1S/C12H18N4O2S2/c1-3-13-5-10-4-12(6-14-10)20(17,18)16(2)7-11-8-19-9-15-11/h4,6,8-9,13-14H,3,5,7H2,1-2H3. The van der Waals surface area contributed by atoms with E-state index in [0.29, 0.717) is 6.54 Å². The monoisotopic (exact) mass is 314 g/mol. The fraction of sp³-hybridized carbons (Fsp3) is 0.417. The van der Waals surface area contributed by atoms with E-state index in [2.05, 4.69) is 15.3 Å². The highest BCUT2D eigenvalue weighted by molar-refractivity contribution is 7.89. The lowest BCUT2D eigenvalue weighted by molar-refractivity contribution is 0.463. The number of hydrogen-bond acceptors (Lipinski definition) is 5. The van der Waals surface area contributed by atoms with Crippen LogP contribution in [0, 0.1) is 0 Å². The Morgan fingerprint density at radius 1 is 1.50 bits per heavy atom. The Balaban J connectivity index is 2.10. The molecular weight excluding hydrogens is 296 g/mol. The molecule has 0 fully saturated rings. The molecule has 2 rings (SSSR count). The van der Waals surface area contributed by atoms with Gasteiger partial charge in [0.05, 0.1) is 22.6 Å². The van der Waals surface area contributed by atoms with Gasteiger partial charge in [0.25, 0.3) is 0 Å². The molecule has 0 saturated heterocycles. The van der Waals surface area contributed by atoms with Crippen LogP contribution in [0.1, 0.15) is 18.3 Å². The fourth-order valence-electron chi connectivity index (χ4n) is 1.74. The molecule has 0 amide bonds. The molecule has 2 N–H and O–H groups in total. The van der Waals surface area contributed by atoms with Crippen LogP contribution in [0.2, 0.25) is 0 Å². The van der Waals surface area contributed by atoms with Gasteiger partial charge < -0.3 is 10.3 Å². The molecule has 0 aliphatic rings. The van der Waals surface area contributed by atoms with E-state index in [1.54, 1.807) is 18.6 Å². The SMILES string of the molecule is CCNCc1cc(S(=O)(=O)N(C)Cc2cscn2)c[nH]1. The Bertz CT molecular complexity index is 634. The summed E-state index contributed by atoms with van der Waals surface area (Å²) in [5.41, 5.74) is 3.30. The first kappa shape index (κ1) is 15.2. The summed E-state index contributed by atoms with van der Waals surface area (Å²) in [6.07, 6.45) is 1.53. The Kier molecular flexibility index (Phi) is 4.92. The number of hydrogen-bond donors (Lipinski definition) is 2. The Labute approximate surface area is 122 Å². The Hall–Kier alpha value is -1.22. The molecule has 0 radical (unpaired) electrons. The van der Waals surface area contributed by atoms with Gasteiger partial charge in [-0.15, -0.1) is 11.3 Å². The van der Waals surface area contributed by atoms with Crippen molar-refractivity contribution in [3.8, 4) is 0 Å². The second-order valence-electron chi connectivity index (χ2n) is 4.38. The summed E-state index contributed by atoms with van der Waals surface area (Å²) in [6.45, 7) is 3.74. The van der Waals surface area contributed by atoms with Gasteiger partial charge in [0, 0.05) is 30.9 Å². The van der Waals surface area contributed by atoms with Gasteiger partial charge in [-0.25, -0.2) is 13.4 Å². The third-order valence-corrected chi connectivity index (χ3v) is 5.27. The van der Waals surface area contributed by atoms with Crippen LogP contribution in [-0.4, -0.2) is 36.3 Å². The number of H-pyrrole nitrogens is 1. The molecule has 2 aromatic rings. The molecule has 6 nitrogen and oxygen atoms in total. The number of thiazole rings is 1. The van der Waals surface area contributed by atoms with Crippen LogP contribution in [-0.2, 0) is 23.1 Å². The van der Waals surface area contributed by atoms with Crippen LogP contribution in [0.25, 0.3) is 0 Å². The van der Waals surface area contributed by atoms with E-state index in [1.807, 2.05) is 12.3 Å². The number of aromatic nitrogens is 2. The van der Waals surface area contributed by atoms with Crippen molar-refractivity contribution in [3.05, 3.63) is 34.5 Å². The van der Waals surface area contributed by atoms with E-state index in [4.69, 9.17) is 0 Å². The summed E-state index contributed by atoms with van der Waals surface area (Å²) in [5, 5.41) is 4.99. The maximum absolute atomic E-state index is 12.4. The first-order valence-corrected chi connectivity index (χ1v) is 8.63. The zero-order valence-corrected chi connectivity index (χ0v) is 13.1. The van der Waals surface area contributed by atoms with E-state index >= 15 is 0 Å². The second-order valence-corrected chi connectivity index (χ2v) is 7.15. The average Bonchev–Trinajstić information content (AvgIpc) is 3.07. The van der Waals surface area contributed by atoms with Gasteiger partial charge in [-0.1, -0.05) is 6.92 Å². The number of aromatic amines is 1. The minimum atomic E-state index is -3.48. The largest absolute Gasteiger partial charge is 0.363 e. The van der Waals surface area contributed by atoms with Crippen molar-refractivity contribution < 1.29 is 8.42 Å². The van der Waals surface area contributed by atoms with E-state index < -0.39 is 10.0 Å². The molecule has 20 heavy (non-hydrogen) atoms. The summed E-state index contributed by atoms with van der Waals surface area (Å²) in [5.74, 6) is 0. The number of nitrogens with one attached hydrogen (secondary N) is 2. The first-order chi connectivity index (χ1) is 9.54. The third kappa shape index (κ3) is 3.45. The van der Waals surface area contributed by atoms with Gasteiger partial charge >= 0.3 is 0 Å². The Morgan fingerprint density at radius 2 is 2.30 bits per heavy atom. The predicted octanol–water partition coefficient (Wildman–Crippen LogP) is 1.40. The Morgan fingerprint density at radius 3 is 2.95 bits per heavy atom. The zero-order valence-electron chi connectivity index (χ0n) is 11.5. The highest BCUT2D eigenvalue weighted by Gasteiger charge is 2.22. The lowest BCUT2D eigenvalue weighted by Crippen LogP contribution is -2.26. The summed E-state index contributed by atoms with van der Waals surface area (Å²) in [7, 11) is -1.92. The molecule has 0 atom stereocenters. The van der Waals surface area contributed by atoms with Gasteiger partial charge in [0.1, 0.15) is 0 Å². The van der Waals surface area contributed by atoms with Crippen LogP contribution in [0.5, 0.6) is 0 Å². The predicted molar refractivity (Wildman–Crippen MR) is 78.9 cm³/mol. The van der Waals surface area contributed by atoms with E-state index in [-0.39, 0.29) is 11.4 Å². The highest BCUT2D eigenvalue weighted by Crippen LogP contribution is 2.17. The topological polar surface area (TPSA) is 78.1 Å². The number of sulfonamides is 1. The summed E-state index contributed by atoms with van der Waals surface area (Å²) in [4.78, 5) is 7.36. The second kappa shape index (κ2) is 6.49. The maximum Gasteiger partial charge on any atom is 0.244 e. The van der Waals surface area contributed by atoms with Crippen LogP contribution < -0.4 is 5.32 Å². The van der Waals surface area contributed by atoms with Crippen molar-refractivity contribution in [1.29, 1.82) is 0 Å². The van der Waals surface area contributed by atoms with Gasteiger partial charge in [-0.3, -0.25) is 0 Å². The molecule has 0 aliphatic carbocycles. The van der Waals surface area contributed by atoms with Crippen molar-refractivity contribution in [2.24, 2.45) is 0 Å². The van der Waals surface area contributed by atoms with Gasteiger partial charge in [0.2, 0.25) is 10.0 Å². The molecule has 0 bridgehead atoms. The maximum atomic E-state index is 12.4. The molecule has 0 aromatic carbocycles. The van der Waals surface area contributed by atoms with Crippen LogP contribution in [0.4, 0.5) is 0 Å². The third-order valence-electron chi connectivity index (χ3n) is 2.86. The highest BCUT2D eigenvalue weighted by atomic mass is 32.2. The van der Waals surface area contributed by atoms with E-state index in [9.17, 15) is 8.42 Å². The molecular formula is C12H18N4O2S2. The van der Waals surface area contributed by atoms with Crippen LogP contribution in [0.15, 0.2) is 28.0 Å². The van der Waals surface area contributed by atoms with Crippen molar-refractivity contribution in [2.45, 2.75) is 24.9 Å². The minimum Gasteiger partial charge on any atom is -0.363 e. The van der Waals surface area contributed by atoms with Crippen molar-refractivity contribution >= 4 is 21.4 Å². The summed E-state index contributed by atoms with van der Waals surface area (Å²) in [6, 6.07) is 1.66. The van der Waals surface area contributed by atoms with Gasteiger partial charge in [0.15, 0.2) is 0 Å². The smallest absolute Gasteiger partial charge is 0.244 e. The molecule has 0 spiro atoms. The van der Waals surface area contributed by atoms with E-state index in [1.165, 1.54) is 21.8 Å². The first-order valence-electron chi connectivity index (χ1n) is 6.25. The average molecular weight is 314 g/mol. The normalized spacial score (nSPS) is 12.2. The van der Waals surface area contributed by atoms with Crippen molar-refractivity contribution in [1.82, 2.24) is 19.6 Å². The van der Waals surface area contributed by atoms with Crippen LogP contribution in [0.3, 0.4) is 0 Å². The molecule has 110 valence electrons. The molecule has 0 unspecified atom stereocenters. The number of nitrogens with zero attached hydrogens (tertiary/aromatic N) is 2. The van der Waals surface area contributed by atoms with Gasteiger partial charge in [-0.2, -0.15) is 4.31 Å².